The maximum absolute atomic E-state index is 12.9. The number of halogens is 1. The number of nitrogens with zero attached hydrogens (tertiary/aromatic N) is 1. The number of thiazole rings is 1. The Kier molecular flexibility index (Phi) is 5.37. The van der Waals surface area contributed by atoms with Gasteiger partial charge in [0.1, 0.15) is 4.75 Å². The zero-order valence-corrected chi connectivity index (χ0v) is 17.0. The number of sulfone groups is 1. The van der Waals surface area contributed by atoms with Gasteiger partial charge in [0.25, 0.3) is 0 Å². The lowest BCUT2D eigenvalue weighted by molar-refractivity contribution is -0.117. The maximum atomic E-state index is 12.9. The summed E-state index contributed by atoms with van der Waals surface area (Å²) in [5.41, 5.74) is 0.976. The number of hydrogen-bond acceptors (Lipinski definition) is 5. The molecule has 0 fully saturated rings. The van der Waals surface area contributed by atoms with E-state index in [1.54, 1.807) is 6.20 Å². The van der Waals surface area contributed by atoms with Gasteiger partial charge in [-0.1, -0.05) is 53.3 Å². The average molecular weight is 421 g/mol. The Balaban J connectivity index is 1.82. The summed E-state index contributed by atoms with van der Waals surface area (Å²) in [6.07, 6.45) is 1.65. The topological polar surface area (TPSA) is 76.1 Å². The molecule has 1 N–H and O–H groups in total. The van der Waals surface area contributed by atoms with Gasteiger partial charge in [0.2, 0.25) is 5.91 Å². The fourth-order valence-corrected chi connectivity index (χ4v) is 4.67. The molecular formula is C19H17ClN2O3S2. The molecule has 1 heterocycles. The number of carbonyl (C=O) groups is 1. The molecule has 0 bridgehead atoms. The monoisotopic (exact) mass is 420 g/mol. The molecule has 27 heavy (non-hydrogen) atoms. The second kappa shape index (κ2) is 7.42. The van der Waals surface area contributed by atoms with E-state index in [2.05, 4.69) is 10.3 Å². The lowest BCUT2D eigenvalue weighted by Crippen LogP contribution is -2.44. The molecule has 0 aliphatic rings. The van der Waals surface area contributed by atoms with Crippen molar-refractivity contribution in [3.63, 3.8) is 0 Å². The molecule has 0 aliphatic heterocycles. The first-order valence-corrected chi connectivity index (χ1v) is 10.7. The van der Waals surface area contributed by atoms with E-state index in [0.29, 0.717) is 10.2 Å². The van der Waals surface area contributed by atoms with Gasteiger partial charge in [-0.25, -0.2) is 13.4 Å². The van der Waals surface area contributed by atoms with Crippen molar-refractivity contribution >= 4 is 43.8 Å². The van der Waals surface area contributed by atoms with E-state index in [-0.39, 0.29) is 4.90 Å². The highest BCUT2D eigenvalue weighted by molar-refractivity contribution is 7.93. The molecule has 0 atom stereocenters. The van der Waals surface area contributed by atoms with Crippen molar-refractivity contribution in [3.8, 4) is 10.4 Å². The van der Waals surface area contributed by atoms with Crippen LogP contribution in [0.1, 0.15) is 13.8 Å². The van der Waals surface area contributed by atoms with Gasteiger partial charge < -0.3 is 5.32 Å². The average Bonchev–Trinajstić information content (AvgIpc) is 3.11. The van der Waals surface area contributed by atoms with Crippen LogP contribution in [0.2, 0.25) is 5.02 Å². The van der Waals surface area contributed by atoms with Gasteiger partial charge in [-0.15, -0.1) is 0 Å². The van der Waals surface area contributed by atoms with Crippen molar-refractivity contribution in [1.82, 2.24) is 4.98 Å². The number of anilines is 1. The summed E-state index contributed by atoms with van der Waals surface area (Å²) in [5.74, 6) is -0.647. The van der Waals surface area contributed by atoms with Crippen molar-refractivity contribution < 1.29 is 13.2 Å². The second-order valence-corrected chi connectivity index (χ2v) is 10.3. The number of rotatable bonds is 5. The molecular weight excluding hydrogens is 404 g/mol. The van der Waals surface area contributed by atoms with Gasteiger partial charge in [-0.3, -0.25) is 4.79 Å². The first kappa shape index (κ1) is 19.5. The molecule has 0 saturated carbocycles. The Bertz CT molecular complexity index is 1060. The van der Waals surface area contributed by atoms with Crippen LogP contribution in [0.3, 0.4) is 0 Å². The molecule has 2 aromatic carbocycles. The Hall–Kier alpha value is -2.22. The molecule has 140 valence electrons. The number of hydrogen-bond donors (Lipinski definition) is 1. The summed E-state index contributed by atoms with van der Waals surface area (Å²) >= 11 is 7.10. The van der Waals surface area contributed by atoms with E-state index >= 15 is 0 Å². The van der Waals surface area contributed by atoms with Crippen LogP contribution in [-0.4, -0.2) is 24.1 Å². The van der Waals surface area contributed by atoms with Crippen LogP contribution in [0.15, 0.2) is 65.7 Å². The number of carbonyl (C=O) groups excluding carboxylic acids is 1. The van der Waals surface area contributed by atoms with Crippen LogP contribution < -0.4 is 5.32 Å². The first-order chi connectivity index (χ1) is 12.7. The van der Waals surface area contributed by atoms with Crippen LogP contribution in [0.25, 0.3) is 10.4 Å². The van der Waals surface area contributed by atoms with E-state index in [1.165, 1.54) is 49.4 Å². The molecule has 0 aliphatic carbocycles. The molecule has 3 aromatic rings. The van der Waals surface area contributed by atoms with Crippen molar-refractivity contribution in [2.24, 2.45) is 0 Å². The Morgan fingerprint density at radius 3 is 2.33 bits per heavy atom. The Labute approximate surface area is 167 Å². The standard InChI is InChI=1S/C19H17ClN2O3S2/c1-19(2,27(24,25)15-10-8-14(20)9-11-15)17(23)22-18-21-12-16(26-18)13-6-4-3-5-7-13/h3-12H,1-2H3,(H,21,22,23). The molecule has 0 radical (unpaired) electrons. The predicted molar refractivity (Wildman–Crippen MR) is 109 cm³/mol. The lowest BCUT2D eigenvalue weighted by atomic mass is 10.2. The summed E-state index contributed by atoms with van der Waals surface area (Å²) in [4.78, 5) is 17.8. The molecule has 1 aromatic heterocycles. The largest absolute Gasteiger partial charge is 0.301 e. The predicted octanol–water partition coefficient (Wildman–Crippen LogP) is 4.65. The van der Waals surface area contributed by atoms with Gasteiger partial charge in [0, 0.05) is 11.2 Å². The van der Waals surface area contributed by atoms with Crippen molar-refractivity contribution in [3.05, 3.63) is 65.8 Å². The fourth-order valence-electron chi connectivity index (χ4n) is 2.35. The van der Waals surface area contributed by atoms with E-state index in [9.17, 15) is 13.2 Å². The highest BCUT2D eigenvalue weighted by Gasteiger charge is 2.43. The second-order valence-electron chi connectivity index (χ2n) is 6.32. The molecule has 1 amide bonds. The minimum absolute atomic E-state index is 0.0381. The third-order valence-electron chi connectivity index (χ3n) is 4.13. The summed E-state index contributed by atoms with van der Waals surface area (Å²) < 4.78 is 24.1. The number of nitrogens with one attached hydrogen (secondary N) is 1. The van der Waals surface area contributed by atoms with Crippen LogP contribution in [0.4, 0.5) is 5.13 Å². The quantitative estimate of drug-likeness (QED) is 0.651. The van der Waals surface area contributed by atoms with Crippen molar-refractivity contribution in [1.29, 1.82) is 0 Å². The third kappa shape index (κ3) is 3.90. The number of benzene rings is 2. The SMILES string of the molecule is CC(C)(C(=O)Nc1ncc(-c2ccccc2)s1)S(=O)(=O)c1ccc(Cl)cc1. The highest BCUT2D eigenvalue weighted by Crippen LogP contribution is 2.31. The normalized spacial score (nSPS) is 12.0. The highest BCUT2D eigenvalue weighted by atomic mass is 35.5. The van der Waals surface area contributed by atoms with Gasteiger partial charge in [0.05, 0.1) is 9.77 Å². The minimum atomic E-state index is -3.91. The Morgan fingerprint density at radius 2 is 1.70 bits per heavy atom. The van der Waals surface area contributed by atoms with E-state index < -0.39 is 20.5 Å². The molecule has 5 nitrogen and oxygen atoms in total. The summed E-state index contributed by atoms with van der Waals surface area (Å²) in [6, 6.07) is 15.4. The summed E-state index contributed by atoms with van der Waals surface area (Å²) in [7, 11) is -3.91. The zero-order valence-electron chi connectivity index (χ0n) is 14.6. The van der Waals surface area contributed by atoms with Crippen LogP contribution in [-0.2, 0) is 14.6 Å². The van der Waals surface area contributed by atoms with E-state index in [0.717, 1.165) is 10.4 Å². The first-order valence-electron chi connectivity index (χ1n) is 8.05. The van der Waals surface area contributed by atoms with Crippen LogP contribution in [0, 0.1) is 0 Å². The lowest BCUT2D eigenvalue weighted by Gasteiger charge is -2.23. The van der Waals surface area contributed by atoms with Gasteiger partial charge in [-0.2, -0.15) is 0 Å². The van der Waals surface area contributed by atoms with Crippen LogP contribution >= 0.6 is 22.9 Å². The van der Waals surface area contributed by atoms with Crippen LogP contribution in [0.5, 0.6) is 0 Å². The molecule has 3 rings (SSSR count). The van der Waals surface area contributed by atoms with Crippen molar-refractivity contribution in [2.75, 3.05) is 5.32 Å². The van der Waals surface area contributed by atoms with Gasteiger partial charge in [0.15, 0.2) is 15.0 Å². The van der Waals surface area contributed by atoms with Gasteiger partial charge in [-0.05, 0) is 43.7 Å². The molecule has 0 saturated heterocycles. The maximum Gasteiger partial charge on any atom is 0.247 e. The van der Waals surface area contributed by atoms with E-state index in [1.807, 2.05) is 30.3 Å². The Morgan fingerprint density at radius 1 is 1.07 bits per heavy atom. The minimum Gasteiger partial charge on any atom is -0.301 e. The van der Waals surface area contributed by atoms with Gasteiger partial charge >= 0.3 is 0 Å². The number of amides is 1. The summed E-state index contributed by atoms with van der Waals surface area (Å²) in [6.45, 7) is 2.75. The van der Waals surface area contributed by atoms with Crippen molar-refractivity contribution in [2.45, 2.75) is 23.5 Å². The molecule has 0 spiro atoms. The zero-order chi connectivity index (χ0) is 19.7. The smallest absolute Gasteiger partial charge is 0.247 e. The number of aromatic nitrogens is 1. The summed E-state index contributed by atoms with van der Waals surface area (Å²) in [5, 5.41) is 3.39. The molecule has 8 heteroatoms. The molecule has 0 unspecified atom stereocenters. The van der Waals surface area contributed by atoms with E-state index in [4.69, 9.17) is 11.6 Å². The third-order valence-corrected chi connectivity index (χ3v) is 7.76. The fraction of sp³-hybridized carbons (Fsp3) is 0.158.